The number of nitrogens with zero attached hydrogens (tertiary/aromatic N) is 2. The van der Waals surface area contributed by atoms with Crippen LogP contribution >= 0.6 is 0 Å². The predicted octanol–water partition coefficient (Wildman–Crippen LogP) is 0.973. The maximum absolute atomic E-state index is 9.10. The summed E-state index contributed by atoms with van der Waals surface area (Å²) in [6.07, 6.45) is 7.97. The molecule has 0 saturated heterocycles. The first-order chi connectivity index (χ1) is 9.58. The first-order valence-electron chi connectivity index (χ1n) is 5.61. The number of hydrazone groups is 1. The Morgan fingerprint density at radius 2 is 1.75 bits per heavy atom. The molecule has 0 spiro atoms. The van der Waals surface area contributed by atoms with Gasteiger partial charge in [0, 0.05) is 6.20 Å². The van der Waals surface area contributed by atoms with Crippen LogP contribution in [0.15, 0.2) is 41.3 Å². The van der Waals surface area contributed by atoms with Gasteiger partial charge in [0.25, 0.3) is 0 Å². The largest absolute Gasteiger partial charge is 0.473 e. The number of carbonyl (C=O) groups is 2. The Bertz CT molecular complexity index is 622. The molecule has 2 aliphatic heterocycles. The summed E-state index contributed by atoms with van der Waals surface area (Å²) in [5, 5.41) is 20.6. The zero-order chi connectivity index (χ0) is 14.5. The molecule has 102 valence electrons. The van der Waals surface area contributed by atoms with Crippen molar-refractivity contribution in [2.45, 2.75) is 0 Å². The standard InChI is InChI=1S/C11H9N3.C2H2O4/c1-2-4-10-7-11-8-12-13-14(11)6-5-9(10)3-1;3-1(4)2(5)6/h1-8,13H;(H,3,4)(H,5,6). The third-order valence-corrected chi connectivity index (χ3v) is 2.53. The highest BCUT2D eigenvalue weighted by atomic mass is 16.4. The molecule has 0 atom stereocenters. The average molecular weight is 273 g/mol. The van der Waals surface area contributed by atoms with Crippen LogP contribution in [0, 0.1) is 0 Å². The molecule has 2 heterocycles. The maximum atomic E-state index is 9.10. The van der Waals surface area contributed by atoms with Gasteiger partial charge in [0.1, 0.15) is 0 Å². The lowest BCUT2D eigenvalue weighted by Gasteiger charge is -2.10. The van der Waals surface area contributed by atoms with Gasteiger partial charge in [-0.2, -0.15) is 5.10 Å². The second kappa shape index (κ2) is 5.70. The van der Waals surface area contributed by atoms with Gasteiger partial charge in [-0.15, -0.1) is 0 Å². The van der Waals surface area contributed by atoms with Crippen molar-refractivity contribution in [1.82, 2.24) is 10.5 Å². The van der Waals surface area contributed by atoms with E-state index in [1.807, 2.05) is 29.6 Å². The molecule has 7 nitrogen and oxygen atoms in total. The molecule has 2 aliphatic rings. The molecule has 0 bridgehead atoms. The zero-order valence-electron chi connectivity index (χ0n) is 10.2. The number of benzene rings is 1. The number of nitrogens with one attached hydrogen (secondary N) is 1. The van der Waals surface area contributed by atoms with Crippen molar-refractivity contribution in [1.29, 1.82) is 0 Å². The van der Waals surface area contributed by atoms with Crippen molar-refractivity contribution >= 4 is 30.3 Å². The molecular formula is C13H11N3O4. The van der Waals surface area contributed by atoms with E-state index in [9.17, 15) is 0 Å². The number of hydrogen-bond acceptors (Lipinski definition) is 5. The van der Waals surface area contributed by atoms with Crippen LogP contribution in [0.3, 0.4) is 0 Å². The van der Waals surface area contributed by atoms with E-state index < -0.39 is 11.9 Å². The van der Waals surface area contributed by atoms with E-state index in [1.165, 1.54) is 11.1 Å². The van der Waals surface area contributed by atoms with Crippen LogP contribution in [0.25, 0.3) is 12.2 Å². The lowest BCUT2D eigenvalue weighted by Crippen LogP contribution is -2.21. The van der Waals surface area contributed by atoms with Crippen LogP contribution in [0.4, 0.5) is 0 Å². The number of hydrazine groups is 1. The number of allylic oxidation sites excluding steroid dienone is 1. The summed E-state index contributed by atoms with van der Waals surface area (Å²) in [5.74, 6) is -3.65. The van der Waals surface area contributed by atoms with Crippen LogP contribution in [0.2, 0.25) is 0 Å². The van der Waals surface area contributed by atoms with Crippen molar-refractivity contribution in [3.05, 3.63) is 47.3 Å². The molecule has 0 radical (unpaired) electrons. The van der Waals surface area contributed by atoms with Gasteiger partial charge in [0.2, 0.25) is 0 Å². The zero-order valence-corrected chi connectivity index (χ0v) is 10.2. The quantitative estimate of drug-likeness (QED) is 0.609. The van der Waals surface area contributed by atoms with Crippen molar-refractivity contribution in [2.75, 3.05) is 0 Å². The molecule has 0 aromatic heterocycles. The molecule has 1 aromatic rings. The van der Waals surface area contributed by atoms with Crippen LogP contribution in [-0.2, 0) is 9.59 Å². The van der Waals surface area contributed by atoms with E-state index in [0.717, 1.165) is 5.70 Å². The molecule has 1 aromatic carbocycles. The minimum atomic E-state index is -1.82. The lowest BCUT2D eigenvalue weighted by molar-refractivity contribution is -0.159. The van der Waals surface area contributed by atoms with E-state index >= 15 is 0 Å². The fourth-order valence-electron chi connectivity index (χ4n) is 1.61. The van der Waals surface area contributed by atoms with Crippen molar-refractivity contribution in [2.24, 2.45) is 5.10 Å². The Kier molecular flexibility index (Phi) is 3.80. The smallest absolute Gasteiger partial charge is 0.414 e. The lowest BCUT2D eigenvalue weighted by atomic mass is 10.1. The highest BCUT2D eigenvalue weighted by Gasteiger charge is 2.12. The fourth-order valence-corrected chi connectivity index (χ4v) is 1.61. The monoisotopic (exact) mass is 273 g/mol. The molecule has 0 aliphatic carbocycles. The minimum absolute atomic E-state index is 1.06. The van der Waals surface area contributed by atoms with Gasteiger partial charge in [-0.1, -0.05) is 24.3 Å². The van der Waals surface area contributed by atoms with Gasteiger partial charge in [0.05, 0.1) is 11.9 Å². The van der Waals surface area contributed by atoms with Gasteiger partial charge in [-0.3, -0.25) is 0 Å². The summed E-state index contributed by atoms with van der Waals surface area (Å²) >= 11 is 0. The van der Waals surface area contributed by atoms with Gasteiger partial charge in [-0.05, 0) is 23.3 Å². The van der Waals surface area contributed by atoms with Crippen molar-refractivity contribution < 1.29 is 19.8 Å². The molecule has 3 N–H and O–H groups in total. The van der Waals surface area contributed by atoms with Gasteiger partial charge >= 0.3 is 11.9 Å². The molecule has 20 heavy (non-hydrogen) atoms. The molecule has 0 amide bonds. The second-order valence-corrected chi connectivity index (χ2v) is 3.85. The number of carboxylic acids is 2. The van der Waals surface area contributed by atoms with Crippen LogP contribution in [-0.4, -0.2) is 33.4 Å². The Labute approximate surface area is 114 Å². The highest BCUT2D eigenvalue weighted by molar-refractivity contribution is 6.27. The Morgan fingerprint density at radius 3 is 2.40 bits per heavy atom. The third-order valence-electron chi connectivity index (χ3n) is 2.53. The van der Waals surface area contributed by atoms with Crippen LogP contribution in [0.1, 0.15) is 11.1 Å². The van der Waals surface area contributed by atoms with Gasteiger partial charge < -0.3 is 10.2 Å². The molecule has 3 rings (SSSR count). The van der Waals surface area contributed by atoms with Crippen molar-refractivity contribution in [3.8, 4) is 0 Å². The first-order valence-corrected chi connectivity index (χ1v) is 5.61. The molecule has 0 saturated carbocycles. The van der Waals surface area contributed by atoms with Crippen LogP contribution < -0.4 is 5.53 Å². The minimum Gasteiger partial charge on any atom is -0.473 e. The highest BCUT2D eigenvalue weighted by Crippen LogP contribution is 2.20. The summed E-state index contributed by atoms with van der Waals surface area (Å²) in [5.41, 5.74) is 6.39. The van der Waals surface area contributed by atoms with Crippen molar-refractivity contribution in [3.63, 3.8) is 0 Å². The Morgan fingerprint density at radius 1 is 1.10 bits per heavy atom. The van der Waals surface area contributed by atoms with Gasteiger partial charge in [0.15, 0.2) is 0 Å². The topological polar surface area (TPSA) is 102 Å². The summed E-state index contributed by atoms with van der Waals surface area (Å²) in [4.78, 5) is 18.2. The van der Waals surface area contributed by atoms with E-state index in [-0.39, 0.29) is 0 Å². The first kappa shape index (κ1) is 13.3. The van der Waals surface area contributed by atoms with Gasteiger partial charge in [-0.25, -0.2) is 20.1 Å². The number of carboxylic acid groups (broad SMARTS) is 2. The maximum Gasteiger partial charge on any atom is 0.414 e. The number of hydrogen-bond donors (Lipinski definition) is 3. The molecule has 0 unspecified atom stereocenters. The van der Waals surface area contributed by atoms with Crippen LogP contribution in [0.5, 0.6) is 0 Å². The summed E-state index contributed by atoms with van der Waals surface area (Å²) in [6, 6.07) is 8.28. The number of rotatable bonds is 0. The van der Waals surface area contributed by atoms with E-state index in [4.69, 9.17) is 19.8 Å². The molecule has 7 heteroatoms. The number of aliphatic carboxylic acids is 2. The SMILES string of the molecule is C1=CN2NN=CC2=Cc2ccccc21.O=C(O)C(=O)O. The summed E-state index contributed by atoms with van der Waals surface area (Å²) in [7, 11) is 0. The fraction of sp³-hybridized carbons (Fsp3) is 0. The Hall–Kier alpha value is -3.09. The van der Waals surface area contributed by atoms with E-state index in [1.54, 1.807) is 0 Å². The second-order valence-electron chi connectivity index (χ2n) is 3.85. The van der Waals surface area contributed by atoms with E-state index in [2.05, 4.69) is 34.9 Å². The molecular weight excluding hydrogens is 262 g/mol. The summed E-state index contributed by atoms with van der Waals surface area (Å²) in [6.45, 7) is 0. The summed E-state index contributed by atoms with van der Waals surface area (Å²) < 4.78 is 0. The number of fused-ring (bicyclic) bond motifs is 2. The molecule has 0 fully saturated rings. The Balaban J connectivity index is 0.000000212. The van der Waals surface area contributed by atoms with E-state index in [0.29, 0.717) is 0 Å². The normalized spacial score (nSPS) is 14.0. The predicted molar refractivity (Wildman–Crippen MR) is 72.2 cm³/mol. The average Bonchev–Trinajstić information content (AvgIpc) is 2.78. The third kappa shape index (κ3) is 3.02.